The van der Waals surface area contributed by atoms with Crippen molar-refractivity contribution in [2.75, 3.05) is 6.61 Å². The first-order valence-corrected chi connectivity index (χ1v) is 6.22. The van der Waals surface area contributed by atoms with Crippen LogP contribution in [-0.4, -0.2) is 17.5 Å². The minimum absolute atomic E-state index is 0.311. The van der Waals surface area contributed by atoms with Crippen LogP contribution in [0.5, 0.6) is 5.75 Å². The number of rotatable bonds is 5. The summed E-state index contributed by atoms with van der Waals surface area (Å²) in [6.07, 6.45) is -1.13. The molecule has 0 aliphatic heterocycles. The second-order valence-corrected chi connectivity index (χ2v) is 4.13. The van der Waals surface area contributed by atoms with Gasteiger partial charge in [0.2, 0.25) is 0 Å². The summed E-state index contributed by atoms with van der Waals surface area (Å²) in [6.45, 7) is 2.48. The van der Waals surface area contributed by atoms with Gasteiger partial charge in [0.15, 0.2) is 5.78 Å². The highest BCUT2D eigenvalue weighted by atomic mass is 16.5. The van der Waals surface area contributed by atoms with Gasteiger partial charge in [0.05, 0.1) is 6.61 Å². The predicted octanol–water partition coefficient (Wildman–Crippen LogP) is 3.00. The molecule has 0 amide bonds. The van der Waals surface area contributed by atoms with Gasteiger partial charge >= 0.3 is 0 Å². The number of ether oxygens (including phenoxy) is 1. The van der Waals surface area contributed by atoms with Crippen molar-refractivity contribution in [3.05, 3.63) is 65.7 Å². The summed E-state index contributed by atoms with van der Waals surface area (Å²) in [6, 6.07) is 15.7. The Morgan fingerprint density at radius 1 is 1.11 bits per heavy atom. The van der Waals surface area contributed by atoms with Crippen LogP contribution >= 0.6 is 0 Å². The van der Waals surface area contributed by atoms with Crippen LogP contribution < -0.4 is 4.74 Å². The molecule has 0 saturated carbocycles. The summed E-state index contributed by atoms with van der Waals surface area (Å²) in [5.41, 5.74) is 1.07. The molecule has 1 atom stereocenters. The molecular weight excluding hydrogens is 240 g/mol. The molecule has 0 bridgehead atoms. The molecule has 19 heavy (non-hydrogen) atoms. The lowest BCUT2D eigenvalue weighted by Gasteiger charge is -2.10. The lowest BCUT2D eigenvalue weighted by molar-refractivity contribution is 0.0747. The zero-order valence-corrected chi connectivity index (χ0v) is 10.7. The molecule has 0 fully saturated rings. The van der Waals surface area contributed by atoms with E-state index in [1.54, 1.807) is 48.5 Å². The Bertz CT molecular complexity index is 532. The van der Waals surface area contributed by atoms with E-state index in [-0.39, 0.29) is 5.78 Å². The fraction of sp³-hybridized carbons (Fsp3) is 0.188. The fourth-order valence-electron chi connectivity index (χ4n) is 1.83. The average molecular weight is 256 g/mol. The Kier molecular flexibility index (Phi) is 4.31. The van der Waals surface area contributed by atoms with Crippen molar-refractivity contribution in [1.82, 2.24) is 0 Å². The molecule has 2 rings (SSSR count). The molecule has 3 heteroatoms. The van der Waals surface area contributed by atoms with Crippen LogP contribution in [0, 0.1) is 0 Å². The lowest BCUT2D eigenvalue weighted by Crippen LogP contribution is -2.12. The van der Waals surface area contributed by atoms with Crippen LogP contribution in [-0.2, 0) is 0 Å². The zero-order chi connectivity index (χ0) is 13.7. The van der Waals surface area contributed by atoms with Gasteiger partial charge in [-0.2, -0.15) is 0 Å². The highest BCUT2D eigenvalue weighted by molar-refractivity contribution is 5.99. The number of carbonyl (C=O) groups is 1. The number of Topliss-reactive ketones (excluding diaryl/α,β-unsaturated/α-hetero) is 1. The van der Waals surface area contributed by atoms with E-state index >= 15 is 0 Å². The SMILES string of the molecule is CCOc1ccc(C(=O)C(O)c2ccccc2)cc1. The van der Waals surface area contributed by atoms with Crippen LogP contribution in [0.25, 0.3) is 0 Å². The van der Waals surface area contributed by atoms with Crippen molar-refractivity contribution in [3.63, 3.8) is 0 Å². The van der Waals surface area contributed by atoms with E-state index in [0.29, 0.717) is 23.5 Å². The highest BCUT2D eigenvalue weighted by Crippen LogP contribution is 2.20. The second kappa shape index (κ2) is 6.16. The summed E-state index contributed by atoms with van der Waals surface area (Å²) in [7, 11) is 0. The molecule has 2 aromatic rings. The van der Waals surface area contributed by atoms with Crippen LogP contribution in [0.4, 0.5) is 0 Å². The normalized spacial score (nSPS) is 11.9. The first kappa shape index (κ1) is 13.3. The third-order valence-corrected chi connectivity index (χ3v) is 2.81. The summed E-state index contributed by atoms with van der Waals surface area (Å²) in [4.78, 5) is 12.1. The Hall–Kier alpha value is -2.13. The zero-order valence-electron chi connectivity index (χ0n) is 10.7. The molecule has 3 nitrogen and oxygen atoms in total. The predicted molar refractivity (Wildman–Crippen MR) is 73.3 cm³/mol. The van der Waals surface area contributed by atoms with Crippen molar-refractivity contribution in [2.24, 2.45) is 0 Å². The maximum Gasteiger partial charge on any atom is 0.195 e. The number of aliphatic hydroxyl groups is 1. The highest BCUT2D eigenvalue weighted by Gasteiger charge is 2.18. The third kappa shape index (κ3) is 3.20. The monoisotopic (exact) mass is 256 g/mol. The van der Waals surface area contributed by atoms with Crippen LogP contribution in [0.15, 0.2) is 54.6 Å². The van der Waals surface area contributed by atoms with Crippen LogP contribution in [0.3, 0.4) is 0 Å². The minimum atomic E-state index is -1.13. The van der Waals surface area contributed by atoms with Crippen molar-refractivity contribution in [2.45, 2.75) is 13.0 Å². The fourth-order valence-corrected chi connectivity index (χ4v) is 1.83. The van der Waals surface area contributed by atoms with Crippen molar-refractivity contribution < 1.29 is 14.6 Å². The van der Waals surface area contributed by atoms with E-state index in [1.165, 1.54) is 0 Å². The summed E-state index contributed by atoms with van der Waals surface area (Å²) in [5.74, 6) is 0.405. The number of benzene rings is 2. The summed E-state index contributed by atoms with van der Waals surface area (Å²) in [5, 5.41) is 10.0. The van der Waals surface area contributed by atoms with Gasteiger partial charge in [0.1, 0.15) is 11.9 Å². The van der Waals surface area contributed by atoms with Crippen LogP contribution in [0.1, 0.15) is 28.9 Å². The molecule has 0 radical (unpaired) electrons. The largest absolute Gasteiger partial charge is 0.494 e. The number of hydrogen-bond donors (Lipinski definition) is 1. The molecule has 0 aliphatic carbocycles. The van der Waals surface area contributed by atoms with E-state index in [4.69, 9.17) is 4.74 Å². The van der Waals surface area contributed by atoms with Gasteiger partial charge in [-0.3, -0.25) is 4.79 Å². The van der Waals surface area contributed by atoms with E-state index < -0.39 is 6.10 Å². The molecule has 0 aromatic heterocycles. The Balaban J connectivity index is 2.15. The quantitative estimate of drug-likeness (QED) is 0.836. The van der Waals surface area contributed by atoms with Gasteiger partial charge < -0.3 is 9.84 Å². The maximum atomic E-state index is 12.1. The molecule has 2 aromatic carbocycles. The Morgan fingerprint density at radius 2 is 1.74 bits per heavy atom. The van der Waals surface area contributed by atoms with E-state index in [9.17, 15) is 9.90 Å². The Morgan fingerprint density at radius 3 is 2.32 bits per heavy atom. The smallest absolute Gasteiger partial charge is 0.195 e. The number of hydrogen-bond acceptors (Lipinski definition) is 3. The standard InChI is InChI=1S/C16H16O3/c1-2-19-14-10-8-13(9-11-14)16(18)15(17)12-6-4-3-5-7-12/h3-11,15,17H,2H2,1H3. The summed E-state index contributed by atoms with van der Waals surface area (Å²) < 4.78 is 5.31. The Labute approximate surface area is 112 Å². The molecule has 1 N–H and O–H groups in total. The van der Waals surface area contributed by atoms with Gasteiger partial charge in [0.25, 0.3) is 0 Å². The molecule has 0 spiro atoms. The van der Waals surface area contributed by atoms with Crippen molar-refractivity contribution in [3.8, 4) is 5.75 Å². The van der Waals surface area contributed by atoms with Gasteiger partial charge in [-0.1, -0.05) is 30.3 Å². The van der Waals surface area contributed by atoms with Gasteiger partial charge in [-0.15, -0.1) is 0 Å². The van der Waals surface area contributed by atoms with Crippen molar-refractivity contribution in [1.29, 1.82) is 0 Å². The van der Waals surface area contributed by atoms with E-state index in [0.717, 1.165) is 0 Å². The minimum Gasteiger partial charge on any atom is -0.494 e. The molecule has 98 valence electrons. The molecule has 0 heterocycles. The average Bonchev–Trinajstić information content (AvgIpc) is 2.48. The number of ketones is 1. The summed E-state index contributed by atoms with van der Waals surface area (Å²) >= 11 is 0. The first-order valence-electron chi connectivity index (χ1n) is 6.22. The van der Waals surface area contributed by atoms with Crippen molar-refractivity contribution >= 4 is 5.78 Å². The molecule has 0 aliphatic rings. The third-order valence-electron chi connectivity index (χ3n) is 2.81. The molecular formula is C16H16O3. The van der Waals surface area contributed by atoms with Crippen LogP contribution in [0.2, 0.25) is 0 Å². The van der Waals surface area contributed by atoms with E-state index in [2.05, 4.69) is 0 Å². The topological polar surface area (TPSA) is 46.5 Å². The van der Waals surface area contributed by atoms with E-state index in [1.807, 2.05) is 13.0 Å². The second-order valence-electron chi connectivity index (χ2n) is 4.13. The van der Waals surface area contributed by atoms with Gasteiger partial charge in [0, 0.05) is 5.56 Å². The number of aliphatic hydroxyl groups excluding tert-OH is 1. The number of carbonyl (C=O) groups excluding carboxylic acids is 1. The first-order chi connectivity index (χ1) is 9.22. The van der Waals surface area contributed by atoms with Gasteiger partial charge in [-0.25, -0.2) is 0 Å². The molecule has 0 saturated heterocycles. The van der Waals surface area contributed by atoms with Gasteiger partial charge in [-0.05, 0) is 36.8 Å². The molecule has 1 unspecified atom stereocenters. The maximum absolute atomic E-state index is 12.1. The lowest BCUT2D eigenvalue weighted by atomic mass is 10.00.